The Hall–Kier alpha value is -3.89. The quantitative estimate of drug-likeness (QED) is 0.161. The smallest absolute Gasteiger partial charge is 0.255 e. The Bertz CT molecular complexity index is 1370. The van der Waals surface area contributed by atoms with Crippen molar-refractivity contribution in [2.75, 3.05) is 35.5 Å². The van der Waals surface area contributed by atoms with Gasteiger partial charge < -0.3 is 25.2 Å². The number of pyridine rings is 1. The highest BCUT2D eigenvalue weighted by molar-refractivity contribution is 7.99. The van der Waals surface area contributed by atoms with E-state index in [9.17, 15) is 4.79 Å². The lowest BCUT2D eigenvalue weighted by Gasteiger charge is -2.20. The van der Waals surface area contributed by atoms with Gasteiger partial charge in [-0.3, -0.25) is 14.8 Å². The van der Waals surface area contributed by atoms with Gasteiger partial charge in [0.1, 0.15) is 5.75 Å². The van der Waals surface area contributed by atoms with E-state index in [1.54, 1.807) is 51.0 Å². The number of carbonyl (C=O) groups is 1. The van der Waals surface area contributed by atoms with Crippen molar-refractivity contribution in [2.24, 2.45) is 11.6 Å². The molecule has 1 aliphatic rings. The molecule has 3 aromatic rings. The number of aryl methyl sites for hydroxylation is 1. The van der Waals surface area contributed by atoms with Gasteiger partial charge in [0.15, 0.2) is 5.75 Å². The van der Waals surface area contributed by atoms with E-state index < -0.39 is 0 Å². The van der Waals surface area contributed by atoms with E-state index in [2.05, 4.69) is 28.0 Å². The van der Waals surface area contributed by atoms with Crippen molar-refractivity contribution >= 4 is 40.6 Å². The van der Waals surface area contributed by atoms with Gasteiger partial charge in [-0.15, -0.1) is 0 Å². The van der Waals surface area contributed by atoms with Crippen LogP contribution in [0.5, 0.6) is 11.5 Å². The molecule has 4 rings (SSSR count). The molecular weight excluding hydrogens is 500 g/mol. The van der Waals surface area contributed by atoms with Gasteiger partial charge in [0.05, 0.1) is 43.2 Å². The van der Waals surface area contributed by atoms with Crippen LogP contribution >= 0.6 is 11.9 Å². The Balaban J connectivity index is 1.62. The van der Waals surface area contributed by atoms with Crippen molar-refractivity contribution in [1.29, 1.82) is 0 Å². The third kappa shape index (κ3) is 5.81. The number of methoxy groups -OCH3 is 2. The standard InChI is InChI=1S/C28H34N6O3S/c1-17-6-7-18(11-25(17)34(30)16-22(29)19-10-21(36-3)15-31-14-19)27(35)32-23-12-20(28(2)8-9-28)13-24(33-38-5)26(23)37-4/h6-7,10-16,33H,8-9,29-30H2,1-5H3,(H,32,35)/b22-16-. The van der Waals surface area contributed by atoms with Gasteiger partial charge in [-0.1, -0.05) is 24.9 Å². The molecule has 0 aliphatic heterocycles. The molecule has 9 nitrogen and oxygen atoms in total. The van der Waals surface area contributed by atoms with Gasteiger partial charge in [0.2, 0.25) is 0 Å². The molecule has 1 aromatic heterocycles. The average Bonchev–Trinajstić information content (AvgIpc) is 3.67. The third-order valence-corrected chi connectivity index (χ3v) is 7.18. The summed E-state index contributed by atoms with van der Waals surface area (Å²) in [6.07, 6.45) is 8.98. The number of anilines is 3. The van der Waals surface area contributed by atoms with Crippen LogP contribution in [0.1, 0.15) is 46.8 Å². The van der Waals surface area contributed by atoms with Crippen molar-refractivity contribution in [2.45, 2.75) is 32.1 Å². The van der Waals surface area contributed by atoms with Gasteiger partial charge in [-0.25, -0.2) is 5.84 Å². The number of hydrazine groups is 1. The molecule has 0 spiro atoms. The number of benzene rings is 2. The molecule has 200 valence electrons. The second kappa shape index (κ2) is 11.2. The zero-order valence-electron chi connectivity index (χ0n) is 22.3. The van der Waals surface area contributed by atoms with Crippen LogP contribution in [-0.4, -0.2) is 31.4 Å². The van der Waals surface area contributed by atoms with Crippen LogP contribution in [0.15, 0.2) is 55.0 Å². The van der Waals surface area contributed by atoms with Gasteiger partial charge in [-0.05, 0) is 66.6 Å². The molecule has 1 amide bonds. The highest BCUT2D eigenvalue weighted by Gasteiger charge is 2.40. The Morgan fingerprint density at radius 2 is 1.84 bits per heavy atom. The highest BCUT2D eigenvalue weighted by Crippen LogP contribution is 2.51. The Kier molecular flexibility index (Phi) is 8.03. The number of nitrogens with one attached hydrogen (secondary N) is 2. The topological polar surface area (TPSA) is 128 Å². The van der Waals surface area contributed by atoms with Crippen LogP contribution in [0.3, 0.4) is 0 Å². The van der Waals surface area contributed by atoms with Crippen molar-refractivity contribution in [3.05, 3.63) is 77.2 Å². The van der Waals surface area contributed by atoms with E-state index in [-0.39, 0.29) is 11.3 Å². The predicted octanol–water partition coefficient (Wildman–Crippen LogP) is 5.04. The first kappa shape index (κ1) is 27.2. The fourth-order valence-electron chi connectivity index (χ4n) is 4.16. The number of amides is 1. The van der Waals surface area contributed by atoms with E-state index in [0.29, 0.717) is 39.7 Å². The number of hydrogen-bond donors (Lipinski definition) is 4. The van der Waals surface area contributed by atoms with Crippen molar-refractivity contribution in [1.82, 2.24) is 4.98 Å². The van der Waals surface area contributed by atoms with Crippen LogP contribution in [0, 0.1) is 6.92 Å². The summed E-state index contributed by atoms with van der Waals surface area (Å²) in [7, 11) is 3.16. The fraction of sp³-hybridized carbons (Fsp3) is 0.286. The number of hydrogen-bond acceptors (Lipinski definition) is 9. The second-order valence-corrected chi connectivity index (χ2v) is 10.1. The normalized spacial score (nSPS) is 14.0. The molecule has 2 aromatic carbocycles. The summed E-state index contributed by atoms with van der Waals surface area (Å²) >= 11 is 1.47. The molecule has 1 aliphatic carbocycles. The van der Waals surface area contributed by atoms with E-state index in [1.165, 1.54) is 17.0 Å². The second-order valence-electron chi connectivity index (χ2n) is 9.53. The fourth-order valence-corrected chi connectivity index (χ4v) is 4.53. The number of rotatable bonds is 10. The minimum Gasteiger partial charge on any atom is -0.495 e. The summed E-state index contributed by atoms with van der Waals surface area (Å²) in [4.78, 5) is 17.5. The van der Waals surface area contributed by atoms with Crippen LogP contribution in [0.2, 0.25) is 0 Å². The first-order valence-electron chi connectivity index (χ1n) is 12.1. The maximum atomic E-state index is 13.4. The lowest BCUT2D eigenvalue weighted by atomic mass is 9.96. The predicted molar refractivity (Wildman–Crippen MR) is 155 cm³/mol. The number of ether oxygens (including phenoxy) is 2. The SMILES string of the molecule is COc1cncc(/C(N)=C/N(N)c2cc(C(=O)Nc3cc(C4(C)CC4)cc(NSC)c3OC)ccc2C)c1. The molecular formula is C28H34N6O3S. The lowest BCUT2D eigenvalue weighted by Crippen LogP contribution is -2.27. The van der Waals surface area contributed by atoms with Crippen LogP contribution in [0.4, 0.5) is 17.1 Å². The first-order chi connectivity index (χ1) is 18.2. The third-order valence-electron chi connectivity index (χ3n) is 6.76. The van der Waals surface area contributed by atoms with E-state index in [4.69, 9.17) is 21.1 Å². The number of nitrogens with zero attached hydrogens (tertiary/aromatic N) is 2. The summed E-state index contributed by atoms with van der Waals surface area (Å²) in [6, 6.07) is 11.2. The Labute approximate surface area is 227 Å². The molecule has 6 N–H and O–H groups in total. The largest absolute Gasteiger partial charge is 0.495 e. The highest BCUT2D eigenvalue weighted by atomic mass is 32.2. The molecule has 0 bridgehead atoms. The summed E-state index contributed by atoms with van der Waals surface area (Å²) in [5.41, 5.74) is 12.0. The molecule has 10 heteroatoms. The van der Waals surface area contributed by atoms with Gasteiger partial charge in [-0.2, -0.15) is 0 Å². The summed E-state index contributed by atoms with van der Waals surface area (Å²) in [5, 5.41) is 4.45. The van der Waals surface area contributed by atoms with Crippen LogP contribution in [-0.2, 0) is 5.41 Å². The summed E-state index contributed by atoms with van der Waals surface area (Å²) in [5.74, 6) is 7.25. The Morgan fingerprint density at radius 1 is 1.11 bits per heavy atom. The molecule has 1 fully saturated rings. The van der Waals surface area contributed by atoms with E-state index in [1.807, 2.05) is 25.3 Å². The van der Waals surface area contributed by atoms with Gasteiger partial charge >= 0.3 is 0 Å². The molecule has 0 atom stereocenters. The molecule has 1 heterocycles. The average molecular weight is 535 g/mol. The van der Waals surface area contributed by atoms with Crippen molar-refractivity contribution in [3.8, 4) is 11.5 Å². The summed E-state index contributed by atoms with van der Waals surface area (Å²) in [6.45, 7) is 4.14. The minimum absolute atomic E-state index is 0.113. The maximum absolute atomic E-state index is 13.4. The lowest BCUT2D eigenvalue weighted by molar-refractivity contribution is 0.102. The zero-order chi connectivity index (χ0) is 27.4. The molecule has 1 saturated carbocycles. The molecule has 38 heavy (non-hydrogen) atoms. The molecule has 0 radical (unpaired) electrons. The molecule has 0 saturated heterocycles. The van der Waals surface area contributed by atoms with Crippen LogP contribution < -0.4 is 36.1 Å². The Morgan fingerprint density at radius 3 is 2.50 bits per heavy atom. The van der Waals surface area contributed by atoms with Gasteiger partial charge in [0.25, 0.3) is 5.91 Å². The number of nitrogens with two attached hydrogens (primary N) is 2. The maximum Gasteiger partial charge on any atom is 0.255 e. The minimum atomic E-state index is -0.278. The van der Waals surface area contributed by atoms with E-state index >= 15 is 0 Å². The zero-order valence-corrected chi connectivity index (χ0v) is 23.1. The summed E-state index contributed by atoms with van der Waals surface area (Å²) < 4.78 is 14.2. The first-order valence-corrected chi connectivity index (χ1v) is 13.4. The van der Waals surface area contributed by atoms with Crippen molar-refractivity contribution < 1.29 is 14.3 Å². The number of aromatic nitrogens is 1. The van der Waals surface area contributed by atoms with Gasteiger partial charge in [0, 0.05) is 29.8 Å². The number of carbonyl (C=O) groups excluding carboxylic acids is 1. The monoisotopic (exact) mass is 534 g/mol. The van der Waals surface area contributed by atoms with Crippen molar-refractivity contribution in [3.63, 3.8) is 0 Å². The molecule has 0 unspecified atom stereocenters. The van der Waals surface area contributed by atoms with E-state index in [0.717, 1.165) is 29.7 Å². The van der Waals surface area contributed by atoms with Crippen LogP contribution in [0.25, 0.3) is 5.70 Å².